The number of ether oxygens (including phenoxy) is 2. The van der Waals surface area contributed by atoms with E-state index in [0.717, 1.165) is 19.2 Å². The van der Waals surface area contributed by atoms with Gasteiger partial charge in [0.15, 0.2) is 6.04 Å². The summed E-state index contributed by atoms with van der Waals surface area (Å²) in [6, 6.07) is 10.1. The van der Waals surface area contributed by atoms with Gasteiger partial charge in [0.05, 0.1) is 7.11 Å². The van der Waals surface area contributed by atoms with Gasteiger partial charge >= 0.3 is 12.1 Å². The summed E-state index contributed by atoms with van der Waals surface area (Å²) in [5.41, 5.74) is -3.77. The van der Waals surface area contributed by atoms with Gasteiger partial charge in [-0.2, -0.15) is 13.2 Å². The zero-order valence-electron chi connectivity index (χ0n) is 15.0. The lowest BCUT2D eigenvalue weighted by Gasteiger charge is -2.34. The van der Waals surface area contributed by atoms with Crippen molar-refractivity contribution in [2.75, 3.05) is 14.2 Å². The Kier molecular flexibility index (Phi) is 6.30. The molecule has 0 aliphatic rings. The first-order valence-corrected chi connectivity index (χ1v) is 8.02. The molecular formula is C19H18F3NO5. The number of amides is 1. The number of alkyl halides is 3. The predicted molar refractivity (Wildman–Crippen MR) is 92.7 cm³/mol. The molecule has 0 aliphatic carbocycles. The van der Waals surface area contributed by atoms with Crippen LogP contribution >= 0.6 is 0 Å². The fourth-order valence-corrected chi connectivity index (χ4v) is 2.74. The van der Waals surface area contributed by atoms with Crippen LogP contribution in [0.5, 0.6) is 5.75 Å². The zero-order chi connectivity index (χ0) is 20.9. The van der Waals surface area contributed by atoms with Crippen molar-refractivity contribution in [2.45, 2.75) is 17.8 Å². The Balaban J connectivity index is 2.46. The maximum Gasteiger partial charge on any atom is 0.430 e. The minimum atomic E-state index is -5.14. The Morgan fingerprint density at radius 2 is 1.57 bits per heavy atom. The average Bonchev–Trinajstić information content (AvgIpc) is 2.66. The smallest absolute Gasteiger partial charge is 0.430 e. The van der Waals surface area contributed by atoms with Crippen molar-refractivity contribution >= 4 is 11.9 Å². The fraction of sp³-hybridized carbons (Fsp3) is 0.263. The van der Waals surface area contributed by atoms with Crippen LogP contribution in [-0.2, 0) is 19.9 Å². The average molecular weight is 397 g/mol. The molecule has 2 rings (SSSR count). The van der Waals surface area contributed by atoms with Gasteiger partial charge in [0.2, 0.25) is 0 Å². The molecule has 2 aromatic rings. The molecular weight excluding hydrogens is 379 g/mol. The first kappa shape index (κ1) is 21.2. The van der Waals surface area contributed by atoms with Gasteiger partial charge in [0.1, 0.15) is 5.75 Å². The topological polar surface area (TPSA) is 84.9 Å². The fourth-order valence-electron chi connectivity index (χ4n) is 2.74. The third kappa shape index (κ3) is 3.94. The van der Waals surface area contributed by atoms with Crippen LogP contribution in [0, 0.1) is 0 Å². The van der Waals surface area contributed by atoms with Crippen LogP contribution in [0.15, 0.2) is 54.6 Å². The number of carboxylic acid groups (broad SMARTS) is 1. The summed E-state index contributed by atoms with van der Waals surface area (Å²) >= 11 is 0. The lowest BCUT2D eigenvalue weighted by atomic mass is 9.91. The minimum absolute atomic E-state index is 0.0712. The quantitative estimate of drug-likeness (QED) is 0.750. The van der Waals surface area contributed by atoms with Gasteiger partial charge in [-0.1, -0.05) is 42.5 Å². The number of carbonyl (C=O) groups excluding carboxylic acids is 1. The van der Waals surface area contributed by atoms with Crippen molar-refractivity contribution < 1.29 is 37.3 Å². The van der Waals surface area contributed by atoms with Gasteiger partial charge in [-0.15, -0.1) is 0 Å². The largest absolute Gasteiger partial charge is 0.497 e. The molecule has 0 heterocycles. The molecule has 0 bridgehead atoms. The number of hydrogen-bond acceptors (Lipinski definition) is 4. The molecule has 0 fully saturated rings. The molecule has 2 N–H and O–H groups in total. The van der Waals surface area contributed by atoms with Crippen LogP contribution in [0.3, 0.4) is 0 Å². The number of benzene rings is 2. The van der Waals surface area contributed by atoms with Crippen LogP contribution in [0.4, 0.5) is 13.2 Å². The van der Waals surface area contributed by atoms with Crippen molar-refractivity contribution in [2.24, 2.45) is 0 Å². The van der Waals surface area contributed by atoms with E-state index in [1.807, 2.05) is 5.32 Å². The molecule has 0 saturated heterocycles. The van der Waals surface area contributed by atoms with E-state index in [1.165, 1.54) is 49.6 Å². The lowest BCUT2D eigenvalue weighted by molar-refractivity contribution is -0.266. The Hall–Kier alpha value is -3.07. The summed E-state index contributed by atoms with van der Waals surface area (Å²) < 4.78 is 51.4. The Bertz CT molecular complexity index is 824. The number of carbonyl (C=O) groups is 2. The molecule has 2 atom stereocenters. The van der Waals surface area contributed by atoms with Gasteiger partial charge in [-0.05, 0) is 17.7 Å². The van der Waals surface area contributed by atoms with E-state index in [-0.39, 0.29) is 5.56 Å². The number of methoxy groups -OCH3 is 2. The van der Waals surface area contributed by atoms with Gasteiger partial charge < -0.3 is 19.9 Å². The molecule has 0 aromatic heterocycles. The van der Waals surface area contributed by atoms with Crippen molar-refractivity contribution in [1.82, 2.24) is 5.32 Å². The van der Waals surface area contributed by atoms with Crippen molar-refractivity contribution in [1.29, 1.82) is 0 Å². The minimum Gasteiger partial charge on any atom is -0.497 e. The van der Waals surface area contributed by atoms with E-state index >= 15 is 0 Å². The van der Waals surface area contributed by atoms with E-state index in [1.54, 1.807) is 0 Å². The number of hydrogen-bond donors (Lipinski definition) is 2. The Morgan fingerprint density at radius 1 is 1.00 bits per heavy atom. The van der Waals surface area contributed by atoms with Crippen molar-refractivity contribution in [3.63, 3.8) is 0 Å². The number of rotatable bonds is 7. The van der Waals surface area contributed by atoms with E-state index < -0.39 is 35.3 Å². The summed E-state index contributed by atoms with van der Waals surface area (Å²) in [7, 11) is 2.14. The Morgan fingerprint density at radius 3 is 2.00 bits per heavy atom. The van der Waals surface area contributed by atoms with Crippen LogP contribution in [-0.4, -0.2) is 37.4 Å². The first-order chi connectivity index (χ1) is 13.2. The maximum atomic E-state index is 13.9. The molecule has 28 heavy (non-hydrogen) atoms. The van der Waals surface area contributed by atoms with Gasteiger partial charge in [-0.25, -0.2) is 4.79 Å². The zero-order valence-corrected chi connectivity index (χ0v) is 15.0. The molecule has 0 radical (unpaired) electrons. The molecule has 1 amide bonds. The summed E-state index contributed by atoms with van der Waals surface area (Å²) in [4.78, 5) is 24.3. The standard InChI is InChI=1S/C19H18F3NO5/c1-27-14-10-8-12(9-11-14)15(16(24)25)23-17(26)18(28-2,19(20,21)22)13-6-4-3-5-7-13/h3-11,15H,1-2H3,(H,23,26)(H,24,25)/t15-,18?/m1/s1. The molecule has 0 aliphatic heterocycles. The number of halogens is 3. The highest BCUT2D eigenvalue weighted by Gasteiger charge is 2.63. The number of carboxylic acids is 1. The molecule has 6 nitrogen and oxygen atoms in total. The highest BCUT2D eigenvalue weighted by Crippen LogP contribution is 2.42. The molecule has 1 unspecified atom stereocenters. The van der Waals surface area contributed by atoms with E-state index in [9.17, 15) is 27.9 Å². The summed E-state index contributed by atoms with van der Waals surface area (Å²) in [6.07, 6.45) is -5.14. The normalized spacial score (nSPS) is 14.6. The predicted octanol–water partition coefficient (Wildman–Crippen LogP) is 3.04. The number of aliphatic carboxylic acids is 1. The summed E-state index contributed by atoms with van der Waals surface area (Å²) in [6.45, 7) is 0. The van der Waals surface area contributed by atoms with Gasteiger partial charge in [0, 0.05) is 12.7 Å². The van der Waals surface area contributed by atoms with Crippen molar-refractivity contribution in [3.8, 4) is 5.75 Å². The molecule has 150 valence electrons. The lowest BCUT2D eigenvalue weighted by Crippen LogP contribution is -2.56. The van der Waals surface area contributed by atoms with Crippen LogP contribution in [0.25, 0.3) is 0 Å². The second-order valence-electron chi connectivity index (χ2n) is 5.77. The highest BCUT2D eigenvalue weighted by molar-refractivity contribution is 5.91. The first-order valence-electron chi connectivity index (χ1n) is 8.02. The van der Waals surface area contributed by atoms with E-state index in [2.05, 4.69) is 4.74 Å². The SMILES string of the molecule is COc1ccc([C@@H](NC(=O)C(OC)(c2ccccc2)C(F)(F)F)C(=O)O)cc1. The Labute approximate surface area is 158 Å². The summed E-state index contributed by atoms with van der Waals surface area (Å²) in [5.74, 6) is -2.75. The third-order valence-corrected chi connectivity index (χ3v) is 4.18. The molecule has 9 heteroatoms. The van der Waals surface area contributed by atoms with E-state index in [0.29, 0.717) is 5.75 Å². The summed E-state index contributed by atoms with van der Waals surface area (Å²) in [5, 5.41) is 11.4. The third-order valence-electron chi connectivity index (χ3n) is 4.18. The van der Waals surface area contributed by atoms with E-state index in [4.69, 9.17) is 4.74 Å². The number of nitrogens with one attached hydrogen (secondary N) is 1. The molecule has 2 aromatic carbocycles. The monoisotopic (exact) mass is 397 g/mol. The second kappa shape index (κ2) is 8.30. The van der Waals surface area contributed by atoms with Crippen LogP contribution in [0.2, 0.25) is 0 Å². The maximum absolute atomic E-state index is 13.9. The van der Waals surface area contributed by atoms with Crippen LogP contribution < -0.4 is 10.1 Å². The highest BCUT2D eigenvalue weighted by atomic mass is 19.4. The second-order valence-corrected chi connectivity index (χ2v) is 5.77. The van der Waals surface area contributed by atoms with Crippen LogP contribution in [0.1, 0.15) is 17.2 Å². The van der Waals surface area contributed by atoms with Gasteiger partial charge in [0.25, 0.3) is 11.5 Å². The molecule has 0 spiro atoms. The van der Waals surface area contributed by atoms with Crippen molar-refractivity contribution in [3.05, 3.63) is 65.7 Å². The molecule has 0 saturated carbocycles. The van der Waals surface area contributed by atoms with Gasteiger partial charge in [-0.3, -0.25) is 4.79 Å².